The van der Waals surface area contributed by atoms with Gasteiger partial charge in [0.05, 0.1) is 5.41 Å². The van der Waals surface area contributed by atoms with Gasteiger partial charge in [0, 0.05) is 38.2 Å². The highest BCUT2D eigenvalue weighted by Gasteiger charge is 2.55. The van der Waals surface area contributed by atoms with E-state index in [0.717, 1.165) is 12.8 Å². The molecule has 0 bridgehead atoms. The van der Waals surface area contributed by atoms with E-state index in [9.17, 15) is 14.7 Å². The first-order valence-corrected chi connectivity index (χ1v) is 9.17. The van der Waals surface area contributed by atoms with Gasteiger partial charge < -0.3 is 24.8 Å². The summed E-state index contributed by atoms with van der Waals surface area (Å²) < 4.78 is 11.6. The predicted octanol–water partition coefficient (Wildman–Crippen LogP) is 3.30. The number of urea groups is 1. The maximum atomic E-state index is 12.6. The van der Waals surface area contributed by atoms with Gasteiger partial charge in [0.25, 0.3) is 0 Å². The van der Waals surface area contributed by atoms with E-state index in [4.69, 9.17) is 9.47 Å². The number of nitrogens with one attached hydrogen (secondary N) is 1. The summed E-state index contributed by atoms with van der Waals surface area (Å²) >= 11 is 0. The Balaban J connectivity index is 1.46. The van der Waals surface area contributed by atoms with Crippen LogP contribution in [0.15, 0.2) is 18.2 Å². The van der Waals surface area contributed by atoms with Gasteiger partial charge in [0.1, 0.15) is 0 Å². The minimum atomic E-state index is -0.780. The van der Waals surface area contributed by atoms with Gasteiger partial charge in [-0.3, -0.25) is 4.79 Å². The molecule has 2 fully saturated rings. The number of aliphatic carboxylic acids is 1. The van der Waals surface area contributed by atoms with Gasteiger partial charge in [-0.05, 0) is 30.9 Å². The fourth-order valence-electron chi connectivity index (χ4n) is 4.38. The highest BCUT2D eigenvalue weighted by molar-refractivity contribution is 5.91. The van der Waals surface area contributed by atoms with Crippen molar-refractivity contribution in [3.63, 3.8) is 0 Å². The third-order valence-corrected chi connectivity index (χ3v) is 6.07. The molecular formula is C19H24N2O5. The van der Waals surface area contributed by atoms with E-state index in [1.165, 1.54) is 0 Å². The van der Waals surface area contributed by atoms with E-state index in [2.05, 4.69) is 5.32 Å². The van der Waals surface area contributed by atoms with E-state index in [-0.39, 0.29) is 18.5 Å². The number of fused-ring (bicyclic) bond motifs is 2. The molecule has 0 radical (unpaired) electrons. The van der Waals surface area contributed by atoms with Crippen LogP contribution in [0.1, 0.15) is 39.5 Å². The third-order valence-electron chi connectivity index (χ3n) is 6.07. The normalized spacial score (nSPS) is 31.8. The molecule has 1 saturated carbocycles. The Morgan fingerprint density at radius 1 is 1.35 bits per heavy atom. The number of hydrogen-bond acceptors (Lipinski definition) is 4. The number of carboxylic acid groups (broad SMARTS) is 1. The molecule has 1 aromatic carbocycles. The predicted molar refractivity (Wildman–Crippen MR) is 94.4 cm³/mol. The Hall–Kier alpha value is -2.44. The van der Waals surface area contributed by atoms with Gasteiger partial charge >= 0.3 is 12.0 Å². The van der Waals surface area contributed by atoms with Gasteiger partial charge in [-0.2, -0.15) is 0 Å². The lowest BCUT2D eigenvalue weighted by molar-refractivity contribution is -0.149. The molecule has 2 N–H and O–H groups in total. The average Bonchev–Trinajstić information content (AvgIpc) is 3.24. The van der Waals surface area contributed by atoms with Crippen LogP contribution in [0.5, 0.6) is 11.5 Å². The molecule has 1 aromatic rings. The van der Waals surface area contributed by atoms with Gasteiger partial charge in [0.15, 0.2) is 11.5 Å². The van der Waals surface area contributed by atoms with Crippen molar-refractivity contribution in [1.82, 2.24) is 4.90 Å². The molecule has 1 saturated heterocycles. The summed E-state index contributed by atoms with van der Waals surface area (Å²) in [6, 6.07) is 5.03. The second-order valence-electron chi connectivity index (χ2n) is 7.71. The second-order valence-corrected chi connectivity index (χ2v) is 7.71. The molecule has 7 heteroatoms. The summed E-state index contributed by atoms with van der Waals surface area (Å²) in [6.45, 7) is 4.63. The van der Waals surface area contributed by atoms with E-state index in [0.29, 0.717) is 36.6 Å². The quantitative estimate of drug-likeness (QED) is 0.863. The fourth-order valence-corrected chi connectivity index (χ4v) is 4.38. The van der Waals surface area contributed by atoms with Crippen LogP contribution in [0.25, 0.3) is 0 Å². The van der Waals surface area contributed by atoms with Crippen LogP contribution in [0.2, 0.25) is 0 Å². The van der Waals surface area contributed by atoms with Crippen molar-refractivity contribution in [2.24, 2.45) is 11.3 Å². The summed E-state index contributed by atoms with van der Waals surface area (Å²) in [5.41, 5.74) is -0.158. The van der Waals surface area contributed by atoms with Crippen LogP contribution in [-0.4, -0.2) is 40.9 Å². The highest BCUT2D eigenvalue weighted by Crippen LogP contribution is 2.49. The Morgan fingerprint density at radius 3 is 2.81 bits per heavy atom. The Morgan fingerprint density at radius 2 is 2.12 bits per heavy atom. The zero-order chi connectivity index (χ0) is 18.5. The molecule has 2 amide bonds. The first-order valence-electron chi connectivity index (χ1n) is 9.17. The van der Waals surface area contributed by atoms with Gasteiger partial charge in [-0.1, -0.05) is 13.3 Å². The minimum Gasteiger partial charge on any atom is -0.481 e. The first kappa shape index (κ1) is 17.0. The number of ether oxygens (including phenoxy) is 2. The van der Waals surface area contributed by atoms with Crippen molar-refractivity contribution in [3.05, 3.63) is 18.2 Å². The zero-order valence-corrected chi connectivity index (χ0v) is 15.1. The maximum absolute atomic E-state index is 12.6. The molecular weight excluding hydrogens is 336 g/mol. The van der Waals surface area contributed by atoms with Crippen LogP contribution in [0.3, 0.4) is 0 Å². The molecule has 7 nitrogen and oxygen atoms in total. The Labute approximate surface area is 152 Å². The van der Waals surface area contributed by atoms with Gasteiger partial charge in [-0.15, -0.1) is 0 Å². The molecule has 4 rings (SSSR count). The summed E-state index contributed by atoms with van der Waals surface area (Å²) in [5, 5.41) is 12.5. The number of rotatable bonds is 3. The Kier molecular flexibility index (Phi) is 3.78. The van der Waals surface area contributed by atoms with Crippen molar-refractivity contribution in [1.29, 1.82) is 0 Å². The number of carboxylic acids is 1. The molecule has 1 unspecified atom stereocenters. The molecule has 26 heavy (non-hydrogen) atoms. The molecule has 0 aromatic heterocycles. The van der Waals surface area contributed by atoms with Crippen molar-refractivity contribution in [3.8, 4) is 11.5 Å². The number of carbonyl (C=O) groups is 2. The molecule has 3 atom stereocenters. The Bertz CT molecular complexity index is 766. The maximum Gasteiger partial charge on any atom is 0.321 e. The number of nitrogens with zero attached hydrogens (tertiary/aromatic N) is 1. The van der Waals surface area contributed by atoms with Crippen molar-refractivity contribution >= 4 is 17.7 Å². The van der Waals surface area contributed by atoms with Crippen LogP contribution < -0.4 is 14.8 Å². The standard InChI is InChI=1S/C19H24N2O5/c1-3-18(2)25-14-7-6-13(9-15(14)26-18)20-17(24)21-10-12-5-4-8-19(12,11-21)16(22)23/h6-7,9,12H,3-5,8,10-11H2,1-2H3,(H,20,24)(H,22,23)/t12-,18?,19+/m0/s1. The number of likely N-dealkylation sites (tertiary alicyclic amines) is 1. The van der Waals surface area contributed by atoms with Gasteiger partial charge in [-0.25, -0.2) is 4.79 Å². The SMILES string of the molecule is CCC1(C)Oc2ccc(NC(=O)N3C[C@@H]4CCC[C@@]4(C(=O)O)C3)cc2O1. The topological polar surface area (TPSA) is 88.1 Å². The average molecular weight is 360 g/mol. The second kappa shape index (κ2) is 5.79. The van der Waals surface area contributed by atoms with Crippen LogP contribution in [0, 0.1) is 11.3 Å². The molecule has 2 aliphatic heterocycles. The largest absolute Gasteiger partial charge is 0.481 e. The van der Waals surface area contributed by atoms with Crippen LogP contribution in [0.4, 0.5) is 10.5 Å². The van der Waals surface area contributed by atoms with Crippen molar-refractivity contribution in [2.75, 3.05) is 18.4 Å². The first-order chi connectivity index (χ1) is 12.3. The van der Waals surface area contributed by atoms with Crippen LogP contribution >= 0.6 is 0 Å². The lowest BCUT2D eigenvalue weighted by atomic mass is 9.81. The summed E-state index contributed by atoms with van der Waals surface area (Å²) in [5.74, 6) is -0.143. The lowest BCUT2D eigenvalue weighted by Gasteiger charge is -2.23. The monoisotopic (exact) mass is 360 g/mol. The fraction of sp³-hybridized carbons (Fsp3) is 0.579. The number of anilines is 1. The minimum absolute atomic E-state index is 0.0489. The molecule has 2 heterocycles. The number of carbonyl (C=O) groups excluding carboxylic acids is 1. The number of hydrogen-bond donors (Lipinski definition) is 2. The summed E-state index contributed by atoms with van der Waals surface area (Å²) in [4.78, 5) is 26.0. The summed E-state index contributed by atoms with van der Waals surface area (Å²) in [6.07, 6.45) is 3.15. The zero-order valence-electron chi connectivity index (χ0n) is 15.1. The lowest BCUT2D eigenvalue weighted by Crippen LogP contribution is -2.38. The van der Waals surface area contributed by atoms with E-state index < -0.39 is 17.2 Å². The van der Waals surface area contributed by atoms with Gasteiger partial charge in [0.2, 0.25) is 5.79 Å². The molecule has 3 aliphatic rings. The van der Waals surface area contributed by atoms with Crippen molar-refractivity contribution in [2.45, 2.75) is 45.3 Å². The third kappa shape index (κ3) is 2.57. The number of amides is 2. The molecule has 1 aliphatic carbocycles. The van der Waals surface area contributed by atoms with E-state index in [1.54, 1.807) is 23.1 Å². The van der Waals surface area contributed by atoms with E-state index in [1.807, 2.05) is 13.8 Å². The summed E-state index contributed by atoms with van der Waals surface area (Å²) in [7, 11) is 0. The van der Waals surface area contributed by atoms with Crippen LogP contribution in [-0.2, 0) is 4.79 Å². The molecule has 0 spiro atoms. The highest BCUT2D eigenvalue weighted by atomic mass is 16.7. The number of benzene rings is 1. The molecule has 140 valence electrons. The van der Waals surface area contributed by atoms with Crippen molar-refractivity contribution < 1.29 is 24.2 Å². The smallest absolute Gasteiger partial charge is 0.321 e. The van der Waals surface area contributed by atoms with E-state index >= 15 is 0 Å².